The van der Waals surface area contributed by atoms with Crippen LogP contribution in [0, 0.1) is 5.92 Å². The number of aromatic amines is 1. The fourth-order valence-corrected chi connectivity index (χ4v) is 7.46. The molecule has 1 amide bonds. The first-order chi connectivity index (χ1) is 23.9. The summed E-state index contributed by atoms with van der Waals surface area (Å²) >= 11 is 0. The smallest absolute Gasteiger partial charge is 0.326 e. The fraction of sp³-hybridized carbons (Fsp3) is 0.457. The molecule has 0 spiro atoms. The molecular formula is C35H36F4N6O5. The molecule has 50 heavy (non-hydrogen) atoms. The Kier molecular flexibility index (Phi) is 8.55. The summed E-state index contributed by atoms with van der Waals surface area (Å²) in [7, 11) is 0. The van der Waals surface area contributed by atoms with Crippen molar-refractivity contribution in [1.29, 1.82) is 0 Å². The SMILES string of the molecule is C[C@H]1CN(C(=O)C(F)(F)CCCCC(F)(F)c2nc(N3CCC[C@H]3C(=O)O)c3oc4ccccc4c3n2)CC[C@@H]1n1c(=O)[nH]c2ccccc21. The molecule has 2 fully saturated rings. The Morgan fingerprint density at radius 3 is 2.52 bits per heavy atom. The maximum atomic E-state index is 15.7. The number of amides is 1. The molecule has 2 aliphatic rings. The third-order valence-corrected chi connectivity index (χ3v) is 9.99. The molecule has 0 radical (unpaired) electrons. The van der Waals surface area contributed by atoms with Crippen LogP contribution in [0.4, 0.5) is 23.4 Å². The van der Waals surface area contributed by atoms with Crippen molar-refractivity contribution in [2.75, 3.05) is 24.5 Å². The number of para-hydroxylation sites is 3. The lowest BCUT2D eigenvalue weighted by molar-refractivity contribution is -0.161. The highest BCUT2D eigenvalue weighted by Crippen LogP contribution is 2.40. The monoisotopic (exact) mass is 696 g/mol. The zero-order valence-electron chi connectivity index (χ0n) is 27.3. The third-order valence-electron chi connectivity index (χ3n) is 9.99. The number of nitrogens with one attached hydrogen (secondary N) is 1. The molecule has 3 aromatic heterocycles. The van der Waals surface area contributed by atoms with Gasteiger partial charge in [0.1, 0.15) is 17.1 Å². The van der Waals surface area contributed by atoms with E-state index in [1.807, 2.05) is 0 Å². The van der Waals surface area contributed by atoms with Crippen LogP contribution in [0.3, 0.4) is 0 Å². The number of fused-ring (bicyclic) bond motifs is 4. The van der Waals surface area contributed by atoms with Crippen molar-refractivity contribution < 1.29 is 36.7 Å². The number of imidazole rings is 1. The van der Waals surface area contributed by atoms with Crippen LogP contribution in [-0.2, 0) is 15.5 Å². The summed E-state index contributed by atoms with van der Waals surface area (Å²) in [5.74, 6) is -11.1. The highest BCUT2D eigenvalue weighted by molar-refractivity contribution is 6.06. The van der Waals surface area contributed by atoms with Gasteiger partial charge in [-0.3, -0.25) is 9.36 Å². The van der Waals surface area contributed by atoms with E-state index in [1.165, 1.54) is 4.90 Å². The number of benzene rings is 2. The lowest BCUT2D eigenvalue weighted by atomic mass is 9.92. The minimum absolute atomic E-state index is 0.0215. The minimum atomic E-state index is -3.76. The highest BCUT2D eigenvalue weighted by Gasteiger charge is 2.45. The molecular weight excluding hydrogens is 660 g/mol. The Hall–Kier alpha value is -4.95. The van der Waals surface area contributed by atoms with E-state index in [1.54, 1.807) is 60.0 Å². The Morgan fingerprint density at radius 2 is 1.74 bits per heavy atom. The van der Waals surface area contributed by atoms with Crippen LogP contribution in [-0.4, -0.2) is 73.0 Å². The van der Waals surface area contributed by atoms with Crippen molar-refractivity contribution in [2.24, 2.45) is 5.92 Å². The molecule has 7 rings (SSSR count). The summed E-state index contributed by atoms with van der Waals surface area (Å²) in [5.41, 5.74) is 1.66. The number of nitrogens with zero attached hydrogens (tertiary/aromatic N) is 5. The summed E-state index contributed by atoms with van der Waals surface area (Å²) in [4.78, 5) is 51.2. The Bertz CT molecular complexity index is 2140. The first kappa shape index (κ1) is 33.5. The number of anilines is 1. The molecule has 0 saturated carbocycles. The van der Waals surface area contributed by atoms with E-state index >= 15 is 17.6 Å². The van der Waals surface area contributed by atoms with Crippen molar-refractivity contribution in [1.82, 2.24) is 24.4 Å². The summed E-state index contributed by atoms with van der Waals surface area (Å²) < 4.78 is 69.4. The Balaban J connectivity index is 1.02. The Labute approximate surface area is 282 Å². The van der Waals surface area contributed by atoms with Gasteiger partial charge in [-0.15, -0.1) is 0 Å². The first-order valence-corrected chi connectivity index (χ1v) is 16.8. The predicted molar refractivity (Wildman–Crippen MR) is 177 cm³/mol. The molecule has 5 aromatic rings. The van der Waals surface area contributed by atoms with Crippen LogP contribution in [0.2, 0.25) is 0 Å². The number of carboxylic acids is 1. The van der Waals surface area contributed by atoms with Gasteiger partial charge in [-0.2, -0.15) is 17.6 Å². The average Bonchev–Trinajstić information content (AvgIpc) is 3.81. The molecule has 0 bridgehead atoms. The number of aliphatic carboxylic acids is 1. The number of unbranched alkanes of at least 4 members (excludes halogenated alkanes) is 1. The Morgan fingerprint density at radius 1 is 1.00 bits per heavy atom. The molecule has 2 aliphatic heterocycles. The molecule has 5 heterocycles. The zero-order chi connectivity index (χ0) is 35.4. The number of rotatable bonds is 10. The van der Waals surface area contributed by atoms with Gasteiger partial charge in [-0.05, 0) is 62.3 Å². The van der Waals surface area contributed by atoms with Crippen molar-refractivity contribution in [3.8, 4) is 0 Å². The standard InChI is InChI=1S/C35H36F4N6O5/c1-20-19-43(18-14-23(20)45-24-11-4-3-10-22(24)40-33(45)49)32(48)35(38,39)16-7-6-15-34(36,37)31-41-27-21-9-2-5-13-26(21)50-28(27)29(42-31)44-17-8-12-25(44)30(46)47/h2-5,9-11,13,20,23,25H,6-8,12,14-19H2,1H3,(H,40,49)(H,46,47)/t20-,23-,25-/m0/s1. The van der Waals surface area contributed by atoms with Crippen LogP contribution < -0.4 is 10.6 Å². The van der Waals surface area contributed by atoms with Crippen LogP contribution in [0.5, 0.6) is 0 Å². The average molecular weight is 697 g/mol. The summed E-state index contributed by atoms with van der Waals surface area (Å²) in [5, 5.41) is 10.2. The third kappa shape index (κ3) is 5.96. The number of alkyl halides is 4. The van der Waals surface area contributed by atoms with E-state index in [4.69, 9.17) is 4.42 Å². The second-order valence-corrected chi connectivity index (χ2v) is 13.4. The number of piperidine rings is 1. The number of likely N-dealkylation sites (tertiary alicyclic amines) is 1. The fourth-order valence-electron chi connectivity index (χ4n) is 7.46. The number of furan rings is 1. The van der Waals surface area contributed by atoms with E-state index in [9.17, 15) is 19.5 Å². The van der Waals surface area contributed by atoms with Crippen molar-refractivity contribution in [3.63, 3.8) is 0 Å². The number of carbonyl (C=O) groups is 2. The largest absolute Gasteiger partial charge is 0.480 e. The van der Waals surface area contributed by atoms with Crippen molar-refractivity contribution >= 4 is 50.8 Å². The van der Waals surface area contributed by atoms with Crippen LogP contribution in [0.15, 0.2) is 57.7 Å². The predicted octanol–water partition coefficient (Wildman–Crippen LogP) is 6.47. The highest BCUT2D eigenvalue weighted by atomic mass is 19.3. The number of carboxylic acid groups (broad SMARTS) is 1. The van der Waals surface area contributed by atoms with E-state index in [2.05, 4.69) is 15.0 Å². The maximum absolute atomic E-state index is 15.7. The van der Waals surface area contributed by atoms with Gasteiger partial charge in [0.25, 0.3) is 5.91 Å². The molecule has 2 saturated heterocycles. The first-order valence-electron chi connectivity index (χ1n) is 16.8. The van der Waals surface area contributed by atoms with Crippen LogP contribution in [0.25, 0.3) is 33.1 Å². The number of hydrogen-bond donors (Lipinski definition) is 2. The van der Waals surface area contributed by atoms with Gasteiger partial charge in [0.05, 0.1) is 11.0 Å². The van der Waals surface area contributed by atoms with Gasteiger partial charge in [-0.1, -0.05) is 31.2 Å². The van der Waals surface area contributed by atoms with E-state index in [0.29, 0.717) is 41.3 Å². The number of H-pyrrole nitrogens is 1. The van der Waals surface area contributed by atoms with Gasteiger partial charge < -0.3 is 24.3 Å². The molecule has 264 valence electrons. The minimum Gasteiger partial charge on any atom is -0.480 e. The van der Waals surface area contributed by atoms with Crippen molar-refractivity contribution in [2.45, 2.75) is 75.8 Å². The lowest BCUT2D eigenvalue weighted by Crippen LogP contribution is -2.50. The quantitative estimate of drug-likeness (QED) is 0.125. The van der Waals surface area contributed by atoms with Crippen LogP contribution in [0.1, 0.15) is 63.7 Å². The van der Waals surface area contributed by atoms with Crippen LogP contribution >= 0.6 is 0 Å². The number of hydrogen-bond acceptors (Lipinski definition) is 7. The van der Waals surface area contributed by atoms with Gasteiger partial charge in [0, 0.05) is 43.9 Å². The maximum Gasteiger partial charge on any atom is 0.326 e. The zero-order valence-corrected chi connectivity index (χ0v) is 27.3. The summed E-state index contributed by atoms with van der Waals surface area (Å²) in [6.07, 6.45) is -1.35. The molecule has 15 heteroatoms. The van der Waals surface area contributed by atoms with Gasteiger partial charge in [-0.25, -0.2) is 19.6 Å². The summed E-state index contributed by atoms with van der Waals surface area (Å²) in [6, 6.07) is 12.6. The van der Waals surface area contributed by atoms with E-state index < -0.39 is 48.4 Å². The number of carbonyl (C=O) groups excluding carboxylic acids is 1. The van der Waals surface area contributed by atoms with Crippen molar-refractivity contribution in [3.05, 3.63) is 64.8 Å². The topological polar surface area (TPSA) is 138 Å². The normalized spacial score (nSPS) is 20.4. The molecule has 0 aliphatic carbocycles. The summed E-state index contributed by atoms with van der Waals surface area (Å²) in [6.45, 7) is 2.12. The number of halogens is 4. The second-order valence-electron chi connectivity index (χ2n) is 13.4. The molecule has 3 atom stereocenters. The molecule has 11 nitrogen and oxygen atoms in total. The van der Waals surface area contributed by atoms with Gasteiger partial charge in [0.15, 0.2) is 11.4 Å². The second kappa shape index (κ2) is 12.7. The van der Waals surface area contributed by atoms with Gasteiger partial charge >= 0.3 is 23.5 Å². The van der Waals surface area contributed by atoms with E-state index in [-0.39, 0.29) is 67.0 Å². The molecule has 2 aromatic carbocycles. The van der Waals surface area contributed by atoms with Gasteiger partial charge in [0.2, 0.25) is 5.82 Å². The lowest BCUT2D eigenvalue weighted by Gasteiger charge is -2.38. The molecule has 2 N–H and O–H groups in total. The number of aromatic nitrogens is 4. The molecule has 0 unspecified atom stereocenters. The van der Waals surface area contributed by atoms with E-state index in [0.717, 1.165) is 4.90 Å².